The maximum Gasteiger partial charge on any atom is 0.263 e. The lowest BCUT2D eigenvalue weighted by Gasteiger charge is -2.36. The normalized spacial score (nSPS) is 14.8. The molecule has 1 aliphatic rings. The Balaban J connectivity index is 1.32. The second kappa shape index (κ2) is 10.0. The van der Waals surface area contributed by atoms with Crippen LogP contribution < -0.4 is 9.64 Å². The van der Waals surface area contributed by atoms with Crippen molar-refractivity contribution in [2.24, 2.45) is 0 Å². The van der Waals surface area contributed by atoms with Gasteiger partial charge in [0.1, 0.15) is 5.75 Å². The third kappa shape index (κ3) is 5.51. The summed E-state index contributed by atoms with van der Waals surface area (Å²) in [6.07, 6.45) is 0.506. The number of hydrogen-bond acceptors (Lipinski definition) is 5. The van der Waals surface area contributed by atoms with Gasteiger partial charge in [-0.25, -0.2) is 0 Å². The zero-order chi connectivity index (χ0) is 23.4. The van der Waals surface area contributed by atoms with Gasteiger partial charge in [-0.2, -0.15) is 0 Å². The van der Waals surface area contributed by atoms with Crippen LogP contribution >= 0.6 is 0 Å². The highest BCUT2D eigenvalue weighted by Crippen LogP contribution is 2.21. The van der Waals surface area contributed by atoms with Crippen molar-refractivity contribution < 1.29 is 9.53 Å². The number of carbonyl (C=O) groups is 1. The zero-order valence-corrected chi connectivity index (χ0v) is 19.9. The Morgan fingerprint density at radius 2 is 1.61 bits per heavy atom. The monoisotopic (exact) mass is 444 g/mol. The Bertz CT molecular complexity index is 1070. The second-order valence-electron chi connectivity index (χ2n) is 8.72. The molecule has 1 aliphatic heterocycles. The quantitative estimate of drug-likeness (QED) is 0.563. The van der Waals surface area contributed by atoms with Gasteiger partial charge in [0.05, 0.1) is 5.69 Å². The van der Waals surface area contributed by atoms with Crippen LogP contribution in [0.5, 0.6) is 5.75 Å². The molecular formula is C27H32N4O2. The molecule has 0 radical (unpaired) electrons. The summed E-state index contributed by atoms with van der Waals surface area (Å²) in [5.74, 6) is 1.60. The number of aromatic nitrogens is 2. The topological polar surface area (TPSA) is 58.6 Å². The number of hydrogen-bond donors (Lipinski definition) is 0. The minimum atomic E-state index is -0.518. The van der Waals surface area contributed by atoms with Gasteiger partial charge in [0.2, 0.25) is 0 Å². The number of piperazine rings is 1. The minimum absolute atomic E-state index is 0.0192. The molecule has 3 aromatic rings. The number of aryl methyl sites for hydroxylation is 3. The van der Waals surface area contributed by atoms with E-state index in [1.165, 1.54) is 5.56 Å². The summed E-state index contributed by atoms with van der Waals surface area (Å²) < 4.78 is 5.95. The van der Waals surface area contributed by atoms with Gasteiger partial charge in [0.15, 0.2) is 11.9 Å². The van der Waals surface area contributed by atoms with Crippen LogP contribution in [0.4, 0.5) is 5.82 Å². The molecule has 172 valence electrons. The first kappa shape index (κ1) is 22.8. The van der Waals surface area contributed by atoms with E-state index in [9.17, 15) is 4.79 Å². The van der Waals surface area contributed by atoms with Crippen LogP contribution in [0.25, 0.3) is 11.3 Å². The van der Waals surface area contributed by atoms with E-state index in [-0.39, 0.29) is 5.91 Å². The minimum Gasteiger partial charge on any atom is -0.481 e. The van der Waals surface area contributed by atoms with Crippen molar-refractivity contribution in [3.63, 3.8) is 0 Å². The van der Waals surface area contributed by atoms with E-state index in [0.717, 1.165) is 53.5 Å². The lowest BCUT2D eigenvalue weighted by atomic mass is 10.1. The molecule has 1 unspecified atom stereocenters. The van der Waals surface area contributed by atoms with E-state index in [0.29, 0.717) is 13.1 Å². The van der Waals surface area contributed by atoms with Crippen molar-refractivity contribution in [2.45, 2.75) is 40.2 Å². The van der Waals surface area contributed by atoms with Crippen LogP contribution in [-0.2, 0) is 11.2 Å². The molecule has 4 rings (SSSR count). The number of carbonyl (C=O) groups excluding carboxylic acids is 1. The lowest BCUT2D eigenvalue weighted by molar-refractivity contribution is -0.138. The van der Waals surface area contributed by atoms with Crippen molar-refractivity contribution in [1.29, 1.82) is 0 Å². The highest BCUT2D eigenvalue weighted by atomic mass is 16.5. The Hall–Kier alpha value is -3.41. The summed E-state index contributed by atoms with van der Waals surface area (Å²) >= 11 is 0. The number of amides is 1. The summed E-state index contributed by atoms with van der Waals surface area (Å²) in [6.45, 7) is 10.8. The van der Waals surface area contributed by atoms with Gasteiger partial charge in [-0.15, -0.1) is 10.2 Å². The fourth-order valence-electron chi connectivity index (χ4n) is 4.23. The zero-order valence-electron chi connectivity index (χ0n) is 19.9. The van der Waals surface area contributed by atoms with Gasteiger partial charge in [0.25, 0.3) is 5.91 Å². The molecule has 2 aromatic carbocycles. The van der Waals surface area contributed by atoms with Crippen molar-refractivity contribution in [3.05, 3.63) is 71.3 Å². The maximum atomic E-state index is 12.9. The standard InChI is InChI=1S/C27H32N4O2/c1-5-22-6-8-23(9-7-22)25-10-11-26(29-28-25)30-12-14-31(15-13-30)27(32)21(4)33-24-17-19(2)16-20(3)18-24/h6-11,16-18,21H,5,12-15H2,1-4H3. The molecule has 1 saturated heterocycles. The third-order valence-corrected chi connectivity index (χ3v) is 6.08. The van der Waals surface area contributed by atoms with Crippen molar-refractivity contribution in [2.75, 3.05) is 31.1 Å². The Morgan fingerprint density at radius 1 is 0.939 bits per heavy atom. The first-order valence-electron chi connectivity index (χ1n) is 11.6. The SMILES string of the molecule is CCc1ccc(-c2ccc(N3CCN(C(=O)C(C)Oc4cc(C)cc(C)c4)CC3)nn2)cc1. The molecule has 0 spiro atoms. The summed E-state index contributed by atoms with van der Waals surface area (Å²) in [5.41, 5.74) is 5.50. The van der Waals surface area contributed by atoms with Crippen LogP contribution in [-0.4, -0.2) is 53.3 Å². The molecule has 2 heterocycles. The number of benzene rings is 2. The van der Waals surface area contributed by atoms with E-state index in [1.54, 1.807) is 0 Å². The van der Waals surface area contributed by atoms with Crippen LogP contribution in [0.2, 0.25) is 0 Å². The fraction of sp³-hybridized carbons (Fsp3) is 0.370. The highest BCUT2D eigenvalue weighted by Gasteiger charge is 2.26. The molecule has 33 heavy (non-hydrogen) atoms. The molecule has 1 atom stereocenters. The number of anilines is 1. The molecule has 6 nitrogen and oxygen atoms in total. The third-order valence-electron chi connectivity index (χ3n) is 6.08. The van der Waals surface area contributed by atoms with E-state index < -0.39 is 6.10 Å². The summed E-state index contributed by atoms with van der Waals surface area (Å²) in [5, 5.41) is 8.88. The fourth-order valence-corrected chi connectivity index (χ4v) is 4.23. The van der Waals surface area contributed by atoms with Crippen LogP contribution in [0.15, 0.2) is 54.6 Å². The average molecular weight is 445 g/mol. The Labute approximate surface area is 196 Å². The van der Waals surface area contributed by atoms with Crippen molar-refractivity contribution >= 4 is 11.7 Å². The van der Waals surface area contributed by atoms with Gasteiger partial charge >= 0.3 is 0 Å². The van der Waals surface area contributed by atoms with Crippen LogP contribution in [0.3, 0.4) is 0 Å². The number of rotatable bonds is 6. The predicted molar refractivity (Wildman–Crippen MR) is 132 cm³/mol. The summed E-state index contributed by atoms with van der Waals surface area (Å²) in [7, 11) is 0. The molecule has 1 aromatic heterocycles. The lowest BCUT2D eigenvalue weighted by Crippen LogP contribution is -2.52. The first-order chi connectivity index (χ1) is 15.9. The Morgan fingerprint density at radius 3 is 2.18 bits per heavy atom. The van der Waals surface area contributed by atoms with Crippen molar-refractivity contribution in [1.82, 2.24) is 15.1 Å². The van der Waals surface area contributed by atoms with Crippen LogP contribution in [0, 0.1) is 13.8 Å². The van der Waals surface area contributed by atoms with E-state index in [4.69, 9.17) is 4.74 Å². The molecule has 0 aliphatic carbocycles. The number of ether oxygens (including phenoxy) is 1. The van der Waals surface area contributed by atoms with Crippen LogP contribution in [0.1, 0.15) is 30.5 Å². The molecule has 6 heteroatoms. The van der Waals surface area contributed by atoms with E-state index >= 15 is 0 Å². The van der Waals surface area contributed by atoms with Gasteiger partial charge in [-0.3, -0.25) is 4.79 Å². The van der Waals surface area contributed by atoms with Gasteiger partial charge in [-0.05, 0) is 68.1 Å². The second-order valence-corrected chi connectivity index (χ2v) is 8.72. The van der Waals surface area contributed by atoms with Gasteiger partial charge in [-0.1, -0.05) is 37.3 Å². The smallest absolute Gasteiger partial charge is 0.263 e. The van der Waals surface area contributed by atoms with Gasteiger partial charge in [0, 0.05) is 31.7 Å². The molecule has 0 N–H and O–H groups in total. The average Bonchev–Trinajstić information content (AvgIpc) is 2.83. The highest BCUT2D eigenvalue weighted by molar-refractivity contribution is 5.81. The molecular weight excluding hydrogens is 412 g/mol. The maximum absolute atomic E-state index is 12.9. The summed E-state index contributed by atoms with van der Waals surface area (Å²) in [6, 6.07) is 18.5. The van der Waals surface area contributed by atoms with E-state index in [2.05, 4.69) is 52.4 Å². The van der Waals surface area contributed by atoms with Crippen molar-refractivity contribution in [3.8, 4) is 17.0 Å². The number of nitrogens with zero attached hydrogens (tertiary/aromatic N) is 4. The van der Waals surface area contributed by atoms with E-state index in [1.807, 2.05) is 49.9 Å². The largest absolute Gasteiger partial charge is 0.481 e. The Kier molecular flexibility index (Phi) is 6.92. The molecule has 1 amide bonds. The molecule has 1 fully saturated rings. The molecule has 0 saturated carbocycles. The van der Waals surface area contributed by atoms with Gasteiger partial charge < -0.3 is 14.5 Å². The first-order valence-corrected chi connectivity index (χ1v) is 11.6. The summed E-state index contributed by atoms with van der Waals surface area (Å²) in [4.78, 5) is 17.0. The predicted octanol–water partition coefficient (Wildman–Crippen LogP) is 4.44. The molecule has 0 bridgehead atoms.